The summed E-state index contributed by atoms with van der Waals surface area (Å²) in [7, 11) is 1.49. The number of carbonyl (C=O) groups excluding carboxylic acids is 1. The number of carbonyl (C=O) groups is 1. The molecule has 0 spiro atoms. The lowest BCUT2D eigenvalue weighted by molar-refractivity contribution is 0.0906. The third-order valence-electron chi connectivity index (χ3n) is 4.76. The van der Waals surface area contributed by atoms with E-state index >= 15 is 0 Å². The predicted octanol–water partition coefficient (Wildman–Crippen LogP) is 3.07. The molecule has 3 rings (SSSR count). The average Bonchev–Trinajstić information content (AvgIpc) is 2.66. The highest BCUT2D eigenvalue weighted by atomic mass is 19.2. The predicted molar refractivity (Wildman–Crippen MR) is 96.8 cm³/mol. The molecule has 1 saturated heterocycles. The van der Waals surface area contributed by atoms with Gasteiger partial charge in [0.1, 0.15) is 11.5 Å². The van der Waals surface area contributed by atoms with E-state index < -0.39 is 11.6 Å². The van der Waals surface area contributed by atoms with Crippen LogP contribution in [0.25, 0.3) is 0 Å². The van der Waals surface area contributed by atoms with Crippen molar-refractivity contribution < 1.29 is 23.4 Å². The minimum atomic E-state index is -0.845. The van der Waals surface area contributed by atoms with E-state index in [1.54, 1.807) is 12.1 Å². The van der Waals surface area contributed by atoms with Gasteiger partial charge < -0.3 is 15.2 Å². The largest absolute Gasteiger partial charge is 0.507 e. The Labute approximate surface area is 156 Å². The van der Waals surface area contributed by atoms with Crippen LogP contribution in [-0.4, -0.2) is 42.2 Å². The van der Waals surface area contributed by atoms with Crippen LogP contribution in [0.1, 0.15) is 28.8 Å². The lowest BCUT2D eigenvalue weighted by Crippen LogP contribution is -2.44. The number of hydrogen-bond donors (Lipinski definition) is 2. The number of ether oxygens (including phenoxy) is 1. The molecule has 7 heteroatoms. The van der Waals surface area contributed by atoms with Crippen molar-refractivity contribution in [3.05, 3.63) is 59.2 Å². The van der Waals surface area contributed by atoms with Crippen LogP contribution in [0, 0.1) is 11.6 Å². The minimum absolute atomic E-state index is 0.000190. The van der Waals surface area contributed by atoms with Gasteiger partial charge in [-0.05, 0) is 42.7 Å². The number of halogens is 2. The van der Waals surface area contributed by atoms with Crippen molar-refractivity contribution >= 4 is 5.91 Å². The molecule has 0 atom stereocenters. The second kappa shape index (κ2) is 8.35. The molecule has 1 fully saturated rings. The van der Waals surface area contributed by atoms with Crippen LogP contribution >= 0.6 is 0 Å². The lowest BCUT2D eigenvalue weighted by Gasteiger charge is -2.32. The van der Waals surface area contributed by atoms with Crippen molar-refractivity contribution in [2.45, 2.75) is 25.4 Å². The number of hydrogen-bond acceptors (Lipinski definition) is 4. The van der Waals surface area contributed by atoms with Crippen molar-refractivity contribution in [1.82, 2.24) is 10.2 Å². The molecule has 0 aliphatic carbocycles. The third kappa shape index (κ3) is 4.74. The first-order chi connectivity index (χ1) is 13.0. The molecule has 2 N–H and O–H groups in total. The van der Waals surface area contributed by atoms with E-state index in [2.05, 4.69) is 10.2 Å². The summed E-state index contributed by atoms with van der Waals surface area (Å²) < 4.78 is 31.3. The summed E-state index contributed by atoms with van der Waals surface area (Å²) in [6.45, 7) is 2.01. The van der Waals surface area contributed by atoms with Gasteiger partial charge in [0.25, 0.3) is 5.91 Å². The quantitative estimate of drug-likeness (QED) is 0.842. The smallest absolute Gasteiger partial charge is 0.255 e. The van der Waals surface area contributed by atoms with Crippen molar-refractivity contribution in [2.75, 3.05) is 20.2 Å². The monoisotopic (exact) mass is 376 g/mol. The molecule has 27 heavy (non-hydrogen) atoms. The fourth-order valence-electron chi connectivity index (χ4n) is 3.23. The van der Waals surface area contributed by atoms with Gasteiger partial charge in [-0.2, -0.15) is 0 Å². The summed E-state index contributed by atoms with van der Waals surface area (Å²) in [5.41, 5.74) is 0.930. The zero-order valence-corrected chi connectivity index (χ0v) is 15.0. The molecule has 0 aromatic heterocycles. The van der Waals surface area contributed by atoms with E-state index in [1.807, 2.05) is 0 Å². The van der Waals surface area contributed by atoms with Gasteiger partial charge in [-0.1, -0.05) is 6.07 Å². The van der Waals surface area contributed by atoms with E-state index in [-0.39, 0.29) is 23.3 Å². The number of methoxy groups -OCH3 is 1. The van der Waals surface area contributed by atoms with Crippen molar-refractivity contribution in [3.63, 3.8) is 0 Å². The Morgan fingerprint density at radius 2 is 1.93 bits per heavy atom. The zero-order chi connectivity index (χ0) is 19.4. The summed E-state index contributed by atoms with van der Waals surface area (Å²) in [6.07, 6.45) is 1.48. The van der Waals surface area contributed by atoms with Crippen molar-refractivity contribution in [3.8, 4) is 11.5 Å². The molecular formula is C20H22F2N2O3. The summed E-state index contributed by atoms with van der Waals surface area (Å²) in [6, 6.07) is 8.49. The van der Waals surface area contributed by atoms with Crippen LogP contribution in [0.2, 0.25) is 0 Å². The molecule has 1 aliphatic rings. The van der Waals surface area contributed by atoms with Gasteiger partial charge in [0.05, 0.1) is 12.7 Å². The normalized spacial score (nSPS) is 15.5. The third-order valence-corrected chi connectivity index (χ3v) is 4.76. The van der Waals surface area contributed by atoms with E-state index in [0.29, 0.717) is 12.3 Å². The highest BCUT2D eigenvalue weighted by molar-refractivity contribution is 5.97. The zero-order valence-electron chi connectivity index (χ0n) is 15.0. The highest BCUT2D eigenvalue weighted by Gasteiger charge is 2.22. The molecule has 1 heterocycles. The van der Waals surface area contributed by atoms with Gasteiger partial charge >= 0.3 is 0 Å². The summed E-state index contributed by atoms with van der Waals surface area (Å²) in [4.78, 5) is 14.5. The van der Waals surface area contributed by atoms with Crippen LogP contribution in [-0.2, 0) is 6.54 Å². The fraction of sp³-hybridized carbons (Fsp3) is 0.350. The first-order valence-corrected chi connectivity index (χ1v) is 8.80. The number of rotatable bonds is 5. The summed E-state index contributed by atoms with van der Waals surface area (Å²) in [5.74, 6) is -1.65. The van der Waals surface area contributed by atoms with Gasteiger partial charge in [-0.15, -0.1) is 0 Å². The molecule has 144 valence electrons. The molecule has 0 saturated carbocycles. The highest BCUT2D eigenvalue weighted by Crippen LogP contribution is 2.24. The average molecular weight is 376 g/mol. The molecule has 2 aromatic rings. The van der Waals surface area contributed by atoms with Crippen molar-refractivity contribution in [1.29, 1.82) is 0 Å². The molecular weight excluding hydrogens is 354 g/mol. The van der Waals surface area contributed by atoms with Crippen LogP contribution in [0.3, 0.4) is 0 Å². The molecule has 1 amide bonds. The van der Waals surface area contributed by atoms with Gasteiger partial charge in [0, 0.05) is 31.7 Å². The number of phenols is 1. The maximum absolute atomic E-state index is 13.3. The van der Waals surface area contributed by atoms with E-state index in [1.165, 1.54) is 25.3 Å². The Kier molecular flexibility index (Phi) is 5.91. The van der Waals surface area contributed by atoms with Gasteiger partial charge in [0.15, 0.2) is 11.6 Å². The topological polar surface area (TPSA) is 61.8 Å². The maximum Gasteiger partial charge on any atom is 0.255 e. The van der Waals surface area contributed by atoms with Crippen LogP contribution in [0.5, 0.6) is 11.5 Å². The second-order valence-electron chi connectivity index (χ2n) is 6.66. The molecule has 0 radical (unpaired) electrons. The molecule has 5 nitrogen and oxygen atoms in total. The Morgan fingerprint density at radius 1 is 1.19 bits per heavy atom. The Bertz CT molecular complexity index is 821. The Hall–Kier alpha value is -2.67. The maximum atomic E-state index is 13.3. The van der Waals surface area contributed by atoms with Gasteiger partial charge in [-0.3, -0.25) is 9.69 Å². The number of aromatic hydroxyl groups is 1. The van der Waals surface area contributed by atoms with E-state index in [9.17, 15) is 18.7 Å². The molecule has 0 unspecified atom stereocenters. The fourth-order valence-corrected chi connectivity index (χ4v) is 3.23. The van der Waals surface area contributed by atoms with E-state index in [0.717, 1.165) is 37.6 Å². The number of amides is 1. The minimum Gasteiger partial charge on any atom is -0.507 e. The first kappa shape index (κ1) is 19.1. The van der Waals surface area contributed by atoms with Crippen LogP contribution in [0.15, 0.2) is 36.4 Å². The second-order valence-corrected chi connectivity index (χ2v) is 6.66. The molecule has 2 aromatic carbocycles. The number of likely N-dealkylation sites (tertiary alicyclic amines) is 1. The van der Waals surface area contributed by atoms with Crippen molar-refractivity contribution in [2.24, 2.45) is 0 Å². The Balaban J connectivity index is 1.51. The summed E-state index contributed by atoms with van der Waals surface area (Å²) in [5, 5.41) is 12.9. The number of piperidine rings is 1. The number of nitrogens with zero attached hydrogens (tertiary/aromatic N) is 1. The van der Waals surface area contributed by atoms with Gasteiger partial charge in [-0.25, -0.2) is 8.78 Å². The number of benzene rings is 2. The Morgan fingerprint density at radius 3 is 2.56 bits per heavy atom. The number of phenolic OH excluding ortho intramolecular Hbond substituents is 1. The summed E-state index contributed by atoms with van der Waals surface area (Å²) >= 11 is 0. The SMILES string of the molecule is COc1ccc(C(=O)NC2CCN(Cc3ccc(F)c(F)c3)CC2)c(O)c1. The molecule has 0 bridgehead atoms. The molecule has 1 aliphatic heterocycles. The van der Waals surface area contributed by atoms with Crippen LogP contribution in [0.4, 0.5) is 8.78 Å². The van der Waals surface area contributed by atoms with E-state index in [4.69, 9.17) is 4.74 Å². The standard InChI is InChI=1S/C20H22F2N2O3/c1-27-15-3-4-16(19(25)11-15)20(26)23-14-6-8-24(9-7-14)12-13-2-5-17(21)18(22)10-13/h2-5,10-11,14,25H,6-9,12H2,1H3,(H,23,26). The number of nitrogens with one attached hydrogen (secondary N) is 1. The van der Waals surface area contributed by atoms with Gasteiger partial charge in [0.2, 0.25) is 0 Å². The lowest BCUT2D eigenvalue weighted by atomic mass is 10.0. The first-order valence-electron chi connectivity index (χ1n) is 8.80. The van der Waals surface area contributed by atoms with Crippen LogP contribution < -0.4 is 10.1 Å².